The molecule has 3 nitrogen and oxygen atoms in total. The van der Waals surface area contributed by atoms with Crippen LogP contribution in [0.1, 0.15) is 33.6 Å². The first-order valence-corrected chi connectivity index (χ1v) is 4.59. The molecule has 0 aliphatic carbocycles. The van der Waals surface area contributed by atoms with Crippen LogP contribution in [0.25, 0.3) is 0 Å². The number of nitrogens with zero attached hydrogens (tertiary/aromatic N) is 2. The lowest BCUT2D eigenvalue weighted by molar-refractivity contribution is 0.488. The average molecular weight is 169 g/mol. The van der Waals surface area contributed by atoms with Gasteiger partial charge in [0, 0.05) is 13.1 Å². The highest BCUT2D eigenvalue weighted by molar-refractivity contribution is 5.78. The van der Waals surface area contributed by atoms with Crippen LogP contribution in [0, 0.1) is 0 Å². The third-order valence-electron chi connectivity index (χ3n) is 1.88. The van der Waals surface area contributed by atoms with E-state index in [-0.39, 0.29) is 5.54 Å². The third kappa shape index (κ3) is 2.72. The zero-order valence-electron chi connectivity index (χ0n) is 8.30. The molecule has 70 valence electrons. The monoisotopic (exact) mass is 169 g/mol. The lowest BCUT2D eigenvalue weighted by atomic mass is 10.1. The van der Waals surface area contributed by atoms with Gasteiger partial charge in [-0.1, -0.05) is 0 Å². The smallest absolute Gasteiger partial charge is 0.191 e. The van der Waals surface area contributed by atoms with Crippen molar-refractivity contribution in [2.75, 3.05) is 13.1 Å². The summed E-state index contributed by atoms with van der Waals surface area (Å²) in [5.74, 6) is 0.708. The zero-order chi connectivity index (χ0) is 9.19. The summed E-state index contributed by atoms with van der Waals surface area (Å²) in [5, 5.41) is 0. The van der Waals surface area contributed by atoms with Crippen LogP contribution in [0.3, 0.4) is 0 Å². The van der Waals surface area contributed by atoms with Crippen molar-refractivity contribution in [1.29, 1.82) is 0 Å². The van der Waals surface area contributed by atoms with E-state index in [1.807, 2.05) is 0 Å². The predicted octanol–water partition coefficient (Wildman–Crippen LogP) is 1.20. The highest BCUT2D eigenvalue weighted by atomic mass is 15.3. The normalized spacial score (nSPS) is 20.2. The fourth-order valence-corrected chi connectivity index (χ4v) is 1.36. The molecule has 1 aliphatic rings. The Hall–Kier alpha value is -0.730. The molecular formula is C9H19N3. The van der Waals surface area contributed by atoms with Crippen LogP contribution in [0.4, 0.5) is 0 Å². The Labute approximate surface area is 74.6 Å². The molecule has 0 aromatic heterocycles. The topological polar surface area (TPSA) is 41.6 Å². The Balaban J connectivity index is 2.56. The molecule has 1 rings (SSSR count). The van der Waals surface area contributed by atoms with Gasteiger partial charge in [0.15, 0.2) is 5.96 Å². The SMILES string of the molecule is CC(C)(C)N=C(N)N1CCCC1. The molecular weight excluding hydrogens is 150 g/mol. The lowest BCUT2D eigenvalue weighted by Gasteiger charge is -2.20. The number of likely N-dealkylation sites (tertiary alicyclic amines) is 1. The van der Waals surface area contributed by atoms with Gasteiger partial charge in [0.1, 0.15) is 0 Å². The first-order chi connectivity index (χ1) is 5.49. The highest BCUT2D eigenvalue weighted by Crippen LogP contribution is 2.10. The summed E-state index contributed by atoms with van der Waals surface area (Å²) >= 11 is 0. The Kier molecular flexibility index (Phi) is 2.60. The number of guanidine groups is 1. The van der Waals surface area contributed by atoms with E-state index in [1.165, 1.54) is 12.8 Å². The number of rotatable bonds is 0. The third-order valence-corrected chi connectivity index (χ3v) is 1.88. The van der Waals surface area contributed by atoms with Gasteiger partial charge >= 0.3 is 0 Å². The summed E-state index contributed by atoms with van der Waals surface area (Å²) in [5.41, 5.74) is 5.79. The van der Waals surface area contributed by atoms with E-state index in [4.69, 9.17) is 5.73 Å². The Morgan fingerprint density at radius 1 is 1.25 bits per heavy atom. The van der Waals surface area contributed by atoms with Crippen LogP contribution in [-0.2, 0) is 0 Å². The second-order valence-electron chi connectivity index (χ2n) is 4.33. The Morgan fingerprint density at radius 3 is 2.17 bits per heavy atom. The summed E-state index contributed by atoms with van der Waals surface area (Å²) in [6.07, 6.45) is 2.50. The Bertz CT molecular complexity index is 173. The van der Waals surface area contributed by atoms with Crippen LogP contribution in [-0.4, -0.2) is 29.5 Å². The largest absolute Gasteiger partial charge is 0.370 e. The van der Waals surface area contributed by atoms with Gasteiger partial charge in [0.25, 0.3) is 0 Å². The summed E-state index contributed by atoms with van der Waals surface area (Å²) in [6, 6.07) is 0. The fourth-order valence-electron chi connectivity index (χ4n) is 1.36. The van der Waals surface area contributed by atoms with Gasteiger partial charge in [-0.15, -0.1) is 0 Å². The molecule has 1 fully saturated rings. The first-order valence-electron chi connectivity index (χ1n) is 4.59. The molecule has 0 spiro atoms. The van der Waals surface area contributed by atoms with E-state index in [1.54, 1.807) is 0 Å². The molecule has 12 heavy (non-hydrogen) atoms. The van der Waals surface area contributed by atoms with Crippen molar-refractivity contribution in [1.82, 2.24) is 4.90 Å². The molecule has 1 saturated heterocycles. The molecule has 0 atom stereocenters. The van der Waals surface area contributed by atoms with Gasteiger partial charge < -0.3 is 10.6 Å². The number of aliphatic imine (C=N–C) groups is 1. The van der Waals surface area contributed by atoms with Crippen LogP contribution >= 0.6 is 0 Å². The van der Waals surface area contributed by atoms with Crippen molar-refractivity contribution in [2.45, 2.75) is 39.2 Å². The van der Waals surface area contributed by atoms with E-state index < -0.39 is 0 Å². The quantitative estimate of drug-likeness (QED) is 0.437. The van der Waals surface area contributed by atoms with E-state index in [0.717, 1.165) is 13.1 Å². The van der Waals surface area contributed by atoms with Gasteiger partial charge in [-0.25, -0.2) is 4.99 Å². The van der Waals surface area contributed by atoms with Crippen molar-refractivity contribution in [3.63, 3.8) is 0 Å². The van der Waals surface area contributed by atoms with E-state index in [0.29, 0.717) is 5.96 Å². The molecule has 2 N–H and O–H groups in total. The van der Waals surface area contributed by atoms with Crippen LogP contribution in [0.5, 0.6) is 0 Å². The summed E-state index contributed by atoms with van der Waals surface area (Å²) < 4.78 is 0. The molecule has 0 saturated carbocycles. The summed E-state index contributed by atoms with van der Waals surface area (Å²) in [7, 11) is 0. The summed E-state index contributed by atoms with van der Waals surface area (Å²) in [4.78, 5) is 6.57. The van der Waals surface area contributed by atoms with Crippen molar-refractivity contribution in [3.05, 3.63) is 0 Å². The molecule has 1 aliphatic heterocycles. The zero-order valence-corrected chi connectivity index (χ0v) is 8.30. The molecule has 0 unspecified atom stereocenters. The second-order valence-corrected chi connectivity index (χ2v) is 4.33. The summed E-state index contributed by atoms with van der Waals surface area (Å²) in [6.45, 7) is 8.35. The molecule has 0 aromatic rings. The number of nitrogens with two attached hydrogens (primary N) is 1. The molecule has 0 bridgehead atoms. The number of hydrogen-bond acceptors (Lipinski definition) is 1. The molecule has 0 amide bonds. The average Bonchev–Trinajstić information content (AvgIpc) is 2.32. The maximum Gasteiger partial charge on any atom is 0.191 e. The van der Waals surface area contributed by atoms with Crippen molar-refractivity contribution in [2.24, 2.45) is 10.7 Å². The molecule has 0 aromatic carbocycles. The van der Waals surface area contributed by atoms with Gasteiger partial charge in [-0.3, -0.25) is 0 Å². The van der Waals surface area contributed by atoms with E-state index >= 15 is 0 Å². The first kappa shape index (κ1) is 9.36. The lowest BCUT2D eigenvalue weighted by Crippen LogP contribution is -2.37. The van der Waals surface area contributed by atoms with Crippen molar-refractivity contribution < 1.29 is 0 Å². The standard InChI is InChI=1S/C9H19N3/c1-9(2,3)11-8(10)12-6-4-5-7-12/h4-7H2,1-3H3,(H2,10,11). The highest BCUT2D eigenvalue weighted by Gasteiger charge is 2.16. The minimum Gasteiger partial charge on any atom is -0.370 e. The van der Waals surface area contributed by atoms with Gasteiger partial charge in [0.2, 0.25) is 0 Å². The van der Waals surface area contributed by atoms with Crippen LogP contribution in [0.15, 0.2) is 4.99 Å². The fraction of sp³-hybridized carbons (Fsp3) is 0.889. The molecule has 1 heterocycles. The molecule has 0 radical (unpaired) electrons. The maximum atomic E-state index is 5.84. The van der Waals surface area contributed by atoms with Gasteiger partial charge in [-0.2, -0.15) is 0 Å². The van der Waals surface area contributed by atoms with E-state index in [9.17, 15) is 0 Å². The van der Waals surface area contributed by atoms with Crippen molar-refractivity contribution >= 4 is 5.96 Å². The van der Waals surface area contributed by atoms with Crippen LogP contribution in [0.2, 0.25) is 0 Å². The Morgan fingerprint density at radius 2 is 1.75 bits per heavy atom. The minimum atomic E-state index is -0.0489. The maximum absolute atomic E-state index is 5.84. The number of hydrogen-bond donors (Lipinski definition) is 1. The van der Waals surface area contributed by atoms with Crippen LogP contribution < -0.4 is 5.73 Å². The van der Waals surface area contributed by atoms with Gasteiger partial charge in [-0.05, 0) is 33.6 Å². The predicted molar refractivity (Wildman–Crippen MR) is 52.2 cm³/mol. The second kappa shape index (κ2) is 3.33. The molecule has 3 heteroatoms. The van der Waals surface area contributed by atoms with Crippen molar-refractivity contribution in [3.8, 4) is 0 Å². The minimum absolute atomic E-state index is 0.0489. The van der Waals surface area contributed by atoms with E-state index in [2.05, 4.69) is 30.7 Å². The van der Waals surface area contributed by atoms with Gasteiger partial charge in [0.05, 0.1) is 5.54 Å².